The Morgan fingerprint density at radius 3 is 2.43 bits per heavy atom. The lowest BCUT2D eigenvalue weighted by molar-refractivity contribution is 0.0476. The topological polar surface area (TPSA) is 73.6 Å². The van der Waals surface area contributed by atoms with E-state index in [1.54, 1.807) is 10.7 Å². The minimum Gasteiger partial charge on any atom is -0.454 e. The summed E-state index contributed by atoms with van der Waals surface area (Å²) in [5, 5.41) is 4.31. The predicted octanol–water partition coefficient (Wildman–Crippen LogP) is 4.36. The Hall–Kier alpha value is -3.80. The molecule has 0 spiro atoms. The number of ether oxygens (including phenoxy) is 1. The molecular formula is C24H21N3O3. The molecular weight excluding hydrogens is 378 g/mol. The molecule has 0 aliphatic carbocycles. The summed E-state index contributed by atoms with van der Waals surface area (Å²) in [5.74, 6) is -0.865. The van der Waals surface area contributed by atoms with Gasteiger partial charge in [-0.3, -0.25) is 4.79 Å². The van der Waals surface area contributed by atoms with Crippen molar-refractivity contribution >= 4 is 17.4 Å². The Labute approximate surface area is 174 Å². The number of hydrogen-bond acceptors (Lipinski definition) is 5. The molecule has 6 heteroatoms. The number of Topliss-reactive ketones (excluding diaryl/α,β-unsaturated/α-hetero) is 1. The maximum atomic E-state index is 12.6. The number of esters is 1. The number of ketones is 1. The van der Waals surface area contributed by atoms with Gasteiger partial charge in [-0.2, -0.15) is 5.10 Å². The molecule has 2 aromatic carbocycles. The lowest BCUT2D eigenvalue weighted by Gasteiger charge is -2.09. The minimum absolute atomic E-state index is 0.220. The Kier molecular flexibility index (Phi) is 5.14. The highest BCUT2D eigenvalue weighted by Crippen LogP contribution is 2.21. The number of fused-ring (bicyclic) bond motifs is 1. The molecule has 6 nitrogen and oxygen atoms in total. The molecule has 0 bridgehead atoms. The van der Waals surface area contributed by atoms with Crippen LogP contribution in [0.25, 0.3) is 16.9 Å². The molecule has 0 aliphatic rings. The average Bonchev–Trinajstić information content (AvgIpc) is 3.19. The number of nitrogens with zero attached hydrogens (tertiary/aromatic N) is 3. The van der Waals surface area contributed by atoms with Crippen molar-refractivity contribution in [3.63, 3.8) is 0 Å². The van der Waals surface area contributed by atoms with Gasteiger partial charge in [-0.25, -0.2) is 14.3 Å². The fraction of sp³-hybridized carbons (Fsp3) is 0.167. The summed E-state index contributed by atoms with van der Waals surface area (Å²) in [7, 11) is 0. The SMILES string of the molecule is Cc1cc(C)c(C(=O)COC(=O)c2cnn3c(-c4ccccc4)ccnc23)cc1C. The van der Waals surface area contributed by atoms with Gasteiger partial charge in [0.25, 0.3) is 0 Å². The van der Waals surface area contributed by atoms with Crippen molar-refractivity contribution in [2.45, 2.75) is 20.8 Å². The first-order valence-electron chi connectivity index (χ1n) is 9.62. The van der Waals surface area contributed by atoms with Crippen molar-refractivity contribution < 1.29 is 14.3 Å². The predicted molar refractivity (Wildman–Crippen MR) is 114 cm³/mol. The molecule has 0 N–H and O–H groups in total. The minimum atomic E-state index is -0.627. The Balaban J connectivity index is 1.56. The van der Waals surface area contributed by atoms with Crippen LogP contribution < -0.4 is 0 Å². The van der Waals surface area contributed by atoms with Crippen LogP contribution >= 0.6 is 0 Å². The zero-order chi connectivity index (χ0) is 21.3. The lowest BCUT2D eigenvalue weighted by atomic mass is 9.98. The smallest absolute Gasteiger partial charge is 0.344 e. The Morgan fingerprint density at radius 2 is 1.67 bits per heavy atom. The van der Waals surface area contributed by atoms with Crippen LogP contribution in [0.2, 0.25) is 0 Å². The van der Waals surface area contributed by atoms with E-state index in [-0.39, 0.29) is 18.0 Å². The molecule has 2 heterocycles. The molecule has 0 amide bonds. The quantitative estimate of drug-likeness (QED) is 0.368. The Morgan fingerprint density at radius 1 is 0.933 bits per heavy atom. The van der Waals surface area contributed by atoms with E-state index in [4.69, 9.17) is 4.74 Å². The number of aryl methyl sites for hydroxylation is 3. The van der Waals surface area contributed by atoms with E-state index in [1.807, 2.05) is 69.3 Å². The highest BCUT2D eigenvalue weighted by Gasteiger charge is 2.19. The third-order valence-corrected chi connectivity index (χ3v) is 5.17. The second-order valence-electron chi connectivity index (χ2n) is 7.24. The van der Waals surface area contributed by atoms with E-state index in [1.165, 1.54) is 6.20 Å². The van der Waals surface area contributed by atoms with E-state index in [9.17, 15) is 9.59 Å². The van der Waals surface area contributed by atoms with Crippen LogP contribution in [0.15, 0.2) is 60.9 Å². The van der Waals surface area contributed by atoms with Crippen molar-refractivity contribution in [3.8, 4) is 11.3 Å². The zero-order valence-electron chi connectivity index (χ0n) is 17.0. The molecule has 0 atom stereocenters. The normalized spacial score (nSPS) is 10.9. The summed E-state index contributed by atoms with van der Waals surface area (Å²) in [4.78, 5) is 29.5. The van der Waals surface area contributed by atoms with Crippen LogP contribution in [0, 0.1) is 20.8 Å². The average molecular weight is 399 g/mol. The van der Waals surface area contributed by atoms with Gasteiger partial charge in [0.15, 0.2) is 12.3 Å². The van der Waals surface area contributed by atoms with Crippen molar-refractivity contribution in [1.29, 1.82) is 0 Å². The van der Waals surface area contributed by atoms with Crippen LogP contribution in [-0.4, -0.2) is 33.0 Å². The summed E-state index contributed by atoms with van der Waals surface area (Å²) in [5.41, 5.74) is 5.94. The molecule has 0 saturated carbocycles. The molecule has 150 valence electrons. The molecule has 2 aromatic heterocycles. The van der Waals surface area contributed by atoms with Crippen LogP contribution in [0.4, 0.5) is 0 Å². The van der Waals surface area contributed by atoms with Crippen LogP contribution in [0.1, 0.15) is 37.4 Å². The van der Waals surface area contributed by atoms with Gasteiger partial charge in [0.2, 0.25) is 5.78 Å². The summed E-state index contributed by atoms with van der Waals surface area (Å²) < 4.78 is 6.90. The first kappa shape index (κ1) is 19.5. The maximum Gasteiger partial charge on any atom is 0.344 e. The molecule has 4 aromatic rings. The van der Waals surface area contributed by atoms with Gasteiger partial charge in [0.1, 0.15) is 5.56 Å². The number of carbonyl (C=O) groups is 2. The summed E-state index contributed by atoms with van der Waals surface area (Å²) in [6, 6.07) is 15.3. The monoisotopic (exact) mass is 399 g/mol. The van der Waals surface area contributed by atoms with Gasteiger partial charge in [-0.05, 0) is 49.6 Å². The fourth-order valence-electron chi connectivity index (χ4n) is 3.41. The van der Waals surface area contributed by atoms with Crippen molar-refractivity contribution in [3.05, 3.63) is 88.7 Å². The first-order valence-corrected chi connectivity index (χ1v) is 9.62. The van der Waals surface area contributed by atoms with Gasteiger partial charge in [0.05, 0.1) is 11.9 Å². The molecule has 0 aliphatic heterocycles. The van der Waals surface area contributed by atoms with Gasteiger partial charge < -0.3 is 4.74 Å². The summed E-state index contributed by atoms with van der Waals surface area (Å²) in [6.45, 7) is 5.49. The van der Waals surface area contributed by atoms with Crippen LogP contribution in [-0.2, 0) is 4.74 Å². The van der Waals surface area contributed by atoms with E-state index < -0.39 is 5.97 Å². The van der Waals surface area contributed by atoms with Crippen molar-refractivity contribution in [1.82, 2.24) is 14.6 Å². The maximum absolute atomic E-state index is 12.6. The highest BCUT2D eigenvalue weighted by molar-refractivity contribution is 6.02. The third-order valence-electron chi connectivity index (χ3n) is 5.17. The van der Waals surface area contributed by atoms with Crippen LogP contribution in [0.5, 0.6) is 0 Å². The van der Waals surface area contributed by atoms with E-state index in [0.29, 0.717) is 11.2 Å². The highest BCUT2D eigenvalue weighted by atomic mass is 16.5. The molecule has 0 fully saturated rings. The molecule has 0 radical (unpaired) electrons. The number of rotatable bonds is 5. The van der Waals surface area contributed by atoms with Crippen molar-refractivity contribution in [2.24, 2.45) is 0 Å². The molecule has 4 rings (SSSR count). The second kappa shape index (κ2) is 7.91. The Bertz CT molecular complexity index is 1260. The van der Waals surface area contributed by atoms with Gasteiger partial charge >= 0.3 is 5.97 Å². The van der Waals surface area contributed by atoms with E-state index >= 15 is 0 Å². The number of hydrogen-bond donors (Lipinski definition) is 0. The molecule has 30 heavy (non-hydrogen) atoms. The van der Waals surface area contributed by atoms with E-state index in [2.05, 4.69) is 10.1 Å². The molecule has 0 saturated heterocycles. The van der Waals surface area contributed by atoms with Gasteiger partial charge in [-0.1, -0.05) is 36.4 Å². The number of carbonyl (C=O) groups excluding carboxylic acids is 2. The number of benzene rings is 2. The largest absolute Gasteiger partial charge is 0.454 e. The van der Waals surface area contributed by atoms with Crippen LogP contribution in [0.3, 0.4) is 0 Å². The van der Waals surface area contributed by atoms with Gasteiger partial charge in [0, 0.05) is 17.3 Å². The van der Waals surface area contributed by atoms with Gasteiger partial charge in [-0.15, -0.1) is 0 Å². The summed E-state index contributed by atoms with van der Waals surface area (Å²) >= 11 is 0. The molecule has 0 unspecified atom stereocenters. The second-order valence-corrected chi connectivity index (χ2v) is 7.24. The summed E-state index contributed by atoms with van der Waals surface area (Å²) in [6.07, 6.45) is 3.04. The number of aromatic nitrogens is 3. The van der Waals surface area contributed by atoms with E-state index in [0.717, 1.165) is 27.9 Å². The lowest BCUT2D eigenvalue weighted by Crippen LogP contribution is -2.15. The standard InChI is InChI=1S/C24H21N3O3/c1-15-11-17(3)19(12-16(15)2)22(28)14-30-24(29)20-13-26-27-21(9-10-25-23(20)27)18-7-5-4-6-8-18/h4-13H,14H2,1-3H3. The van der Waals surface area contributed by atoms with Crippen molar-refractivity contribution in [2.75, 3.05) is 6.61 Å². The fourth-order valence-corrected chi connectivity index (χ4v) is 3.41. The first-order chi connectivity index (χ1) is 14.5. The third kappa shape index (κ3) is 3.59. The zero-order valence-corrected chi connectivity index (χ0v) is 17.0.